The summed E-state index contributed by atoms with van der Waals surface area (Å²) in [6.45, 7) is 2.77. The standard InChI is InChI=1S/C17H23N3O3/c21-16(19-22)13-8-12-3-6-20(11-15(12)18-10-13)14-2-5-17(9-14)4-1-7-23-17/h8,10,14,22H,1-7,9,11H2,(H,19,21)/t14-,17-/m1/s1. The van der Waals surface area contributed by atoms with E-state index in [0.29, 0.717) is 11.6 Å². The van der Waals surface area contributed by atoms with E-state index >= 15 is 0 Å². The molecule has 2 aliphatic heterocycles. The van der Waals surface area contributed by atoms with Gasteiger partial charge in [-0.1, -0.05) is 0 Å². The molecule has 4 rings (SSSR count). The predicted molar refractivity (Wildman–Crippen MR) is 83.2 cm³/mol. The normalized spacial score (nSPS) is 30.6. The van der Waals surface area contributed by atoms with E-state index in [2.05, 4.69) is 9.88 Å². The molecule has 23 heavy (non-hydrogen) atoms. The third kappa shape index (κ3) is 2.75. The molecule has 3 aliphatic rings. The molecule has 6 heteroatoms. The third-order valence-corrected chi connectivity index (χ3v) is 5.69. The first-order valence-electron chi connectivity index (χ1n) is 8.49. The molecule has 3 heterocycles. The zero-order chi connectivity index (χ0) is 15.9. The number of hydroxylamine groups is 1. The molecule has 1 amide bonds. The second kappa shape index (κ2) is 5.85. The summed E-state index contributed by atoms with van der Waals surface area (Å²) in [5, 5.41) is 8.73. The number of fused-ring (bicyclic) bond motifs is 1. The number of rotatable bonds is 2. The Hall–Kier alpha value is -1.50. The summed E-state index contributed by atoms with van der Waals surface area (Å²) in [5.74, 6) is -0.501. The van der Waals surface area contributed by atoms with Gasteiger partial charge in [0.15, 0.2) is 0 Å². The van der Waals surface area contributed by atoms with Crippen LogP contribution in [0, 0.1) is 0 Å². The highest BCUT2D eigenvalue weighted by atomic mass is 16.5. The molecule has 2 N–H and O–H groups in total. The van der Waals surface area contributed by atoms with Crippen molar-refractivity contribution in [2.75, 3.05) is 13.2 Å². The van der Waals surface area contributed by atoms with Crippen molar-refractivity contribution in [1.29, 1.82) is 0 Å². The zero-order valence-corrected chi connectivity index (χ0v) is 13.3. The van der Waals surface area contributed by atoms with Crippen molar-refractivity contribution in [1.82, 2.24) is 15.4 Å². The van der Waals surface area contributed by atoms with Crippen molar-refractivity contribution >= 4 is 5.91 Å². The molecule has 1 saturated carbocycles. The topological polar surface area (TPSA) is 74.7 Å². The Bertz CT molecular complexity index is 613. The van der Waals surface area contributed by atoms with Crippen LogP contribution in [0.3, 0.4) is 0 Å². The molecular formula is C17H23N3O3. The van der Waals surface area contributed by atoms with Crippen LogP contribution >= 0.6 is 0 Å². The van der Waals surface area contributed by atoms with Crippen LogP contribution in [0.15, 0.2) is 12.3 Å². The SMILES string of the molecule is O=C(NO)c1cnc2c(c1)CCN([C@@H]1CC[C@]3(CCCO3)C1)C2. The number of hydrogen-bond donors (Lipinski definition) is 2. The summed E-state index contributed by atoms with van der Waals surface area (Å²) in [5.41, 5.74) is 4.41. The van der Waals surface area contributed by atoms with Crippen LogP contribution < -0.4 is 5.48 Å². The van der Waals surface area contributed by atoms with E-state index in [1.165, 1.54) is 25.7 Å². The number of aromatic nitrogens is 1. The Kier molecular flexibility index (Phi) is 3.83. The van der Waals surface area contributed by atoms with Gasteiger partial charge in [0.1, 0.15) is 0 Å². The fraction of sp³-hybridized carbons (Fsp3) is 0.647. The molecule has 1 aromatic heterocycles. The maximum atomic E-state index is 11.5. The van der Waals surface area contributed by atoms with Gasteiger partial charge in [0, 0.05) is 31.9 Å². The Labute approximate surface area is 135 Å². The van der Waals surface area contributed by atoms with Gasteiger partial charge >= 0.3 is 0 Å². The Morgan fingerprint density at radius 2 is 2.39 bits per heavy atom. The van der Waals surface area contributed by atoms with Crippen LogP contribution in [-0.2, 0) is 17.7 Å². The van der Waals surface area contributed by atoms with E-state index in [9.17, 15) is 4.79 Å². The summed E-state index contributed by atoms with van der Waals surface area (Å²) < 4.78 is 6.04. The van der Waals surface area contributed by atoms with Gasteiger partial charge in [-0.15, -0.1) is 0 Å². The smallest absolute Gasteiger partial charge is 0.276 e. The van der Waals surface area contributed by atoms with Crippen molar-refractivity contribution in [3.05, 3.63) is 29.1 Å². The van der Waals surface area contributed by atoms with Crippen LogP contribution in [0.5, 0.6) is 0 Å². The Morgan fingerprint density at radius 3 is 3.17 bits per heavy atom. The van der Waals surface area contributed by atoms with Gasteiger partial charge in [0.2, 0.25) is 0 Å². The number of ether oxygens (including phenoxy) is 1. The molecule has 1 aliphatic carbocycles. The van der Waals surface area contributed by atoms with Crippen molar-refractivity contribution in [2.24, 2.45) is 0 Å². The lowest BCUT2D eigenvalue weighted by Gasteiger charge is -2.34. The molecule has 0 aromatic carbocycles. The summed E-state index contributed by atoms with van der Waals surface area (Å²) in [6.07, 6.45) is 8.40. The van der Waals surface area contributed by atoms with E-state index in [-0.39, 0.29) is 5.60 Å². The van der Waals surface area contributed by atoms with Crippen LogP contribution in [0.25, 0.3) is 0 Å². The van der Waals surface area contributed by atoms with E-state index in [4.69, 9.17) is 9.94 Å². The van der Waals surface area contributed by atoms with Gasteiger partial charge in [-0.25, -0.2) is 5.48 Å². The highest BCUT2D eigenvalue weighted by molar-refractivity contribution is 5.93. The lowest BCUT2D eigenvalue weighted by molar-refractivity contribution is 0.00284. The van der Waals surface area contributed by atoms with Gasteiger partial charge in [0.25, 0.3) is 5.91 Å². The molecule has 2 fully saturated rings. The maximum Gasteiger partial charge on any atom is 0.276 e. The molecule has 0 unspecified atom stereocenters. The number of pyridine rings is 1. The van der Waals surface area contributed by atoms with E-state index in [1.54, 1.807) is 11.7 Å². The Balaban J connectivity index is 1.46. The minimum atomic E-state index is -0.501. The molecule has 1 spiro atoms. The van der Waals surface area contributed by atoms with Crippen LogP contribution in [-0.4, -0.2) is 45.8 Å². The molecule has 2 atom stereocenters. The summed E-state index contributed by atoms with van der Waals surface area (Å²) in [6, 6.07) is 2.44. The van der Waals surface area contributed by atoms with Gasteiger partial charge in [-0.2, -0.15) is 0 Å². The summed E-state index contributed by atoms with van der Waals surface area (Å²) in [7, 11) is 0. The lowest BCUT2D eigenvalue weighted by atomic mass is 9.97. The van der Waals surface area contributed by atoms with E-state index in [0.717, 1.165) is 43.8 Å². The zero-order valence-electron chi connectivity index (χ0n) is 13.3. The first-order chi connectivity index (χ1) is 11.2. The fourth-order valence-electron chi connectivity index (χ4n) is 4.42. The Morgan fingerprint density at radius 1 is 1.48 bits per heavy atom. The van der Waals surface area contributed by atoms with Gasteiger partial charge < -0.3 is 4.74 Å². The van der Waals surface area contributed by atoms with Gasteiger partial charge in [0.05, 0.1) is 16.9 Å². The van der Waals surface area contributed by atoms with Crippen LogP contribution in [0.1, 0.15) is 53.7 Å². The molecule has 1 aromatic rings. The second-order valence-electron chi connectivity index (χ2n) is 7.02. The number of hydrogen-bond acceptors (Lipinski definition) is 5. The quantitative estimate of drug-likeness (QED) is 0.641. The van der Waals surface area contributed by atoms with Crippen LogP contribution in [0.2, 0.25) is 0 Å². The summed E-state index contributed by atoms with van der Waals surface area (Å²) >= 11 is 0. The highest BCUT2D eigenvalue weighted by Gasteiger charge is 2.44. The summed E-state index contributed by atoms with van der Waals surface area (Å²) in [4.78, 5) is 18.5. The molecule has 124 valence electrons. The second-order valence-corrected chi connectivity index (χ2v) is 7.02. The first-order valence-corrected chi connectivity index (χ1v) is 8.49. The number of carbonyl (C=O) groups is 1. The molecule has 0 radical (unpaired) electrons. The van der Waals surface area contributed by atoms with Crippen molar-refractivity contribution in [2.45, 2.75) is 56.7 Å². The number of carbonyl (C=O) groups excluding carboxylic acids is 1. The van der Waals surface area contributed by atoms with Crippen molar-refractivity contribution in [3.63, 3.8) is 0 Å². The number of amides is 1. The van der Waals surface area contributed by atoms with E-state index < -0.39 is 5.91 Å². The minimum Gasteiger partial charge on any atom is -0.375 e. The van der Waals surface area contributed by atoms with Crippen molar-refractivity contribution < 1.29 is 14.7 Å². The highest BCUT2D eigenvalue weighted by Crippen LogP contribution is 2.43. The number of nitrogens with zero attached hydrogens (tertiary/aromatic N) is 2. The molecule has 6 nitrogen and oxygen atoms in total. The minimum absolute atomic E-state index is 0.154. The van der Waals surface area contributed by atoms with Crippen LogP contribution in [0.4, 0.5) is 0 Å². The molecule has 1 saturated heterocycles. The maximum absolute atomic E-state index is 11.5. The fourth-order valence-corrected chi connectivity index (χ4v) is 4.42. The largest absolute Gasteiger partial charge is 0.375 e. The van der Waals surface area contributed by atoms with Crippen molar-refractivity contribution in [3.8, 4) is 0 Å². The average Bonchev–Trinajstić information content (AvgIpc) is 3.23. The van der Waals surface area contributed by atoms with E-state index in [1.807, 2.05) is 6.07 Å². The number of nitrogens with one attached hydrogen (secondary N) is 1. The van der Waals surface area contributed by atoms with Gasteiger partial charge in [-0.05, 0) is 50.2 Å². The predicted octanol–water partition coefficient (Wildman–Crippen LogP) is 1.66. The average molecular weight is 317 g/mol. The third-order valence-electron chi connectivity index (χ3n) is 5.69. The lowest BCUT2D eigenvalue weighted by Crippen LogP contribution is -2.40. The van der Waals surface area contributed by atoms with Gasteiger partial charge in [-0.3, -0.25) is 19.9 Å². The molecule has 0 bridgehead atoms. The first kappa shape index (κ1) is 15.1. The molecular weight excluding hydrogens is 294 g/mol. The monoisotopic (exact) mass is 317 g/mol.